The highest BCUT2D eigenvalue weighted by Crippen LogP contribution is 2.40. The lowest BCUT2D eigenvalue weighted by atomic mass is 9.75. The molecule has 0 amide bonds. The summed E-state index contributed by atoms with van der Waals surface area (Å²) in [7, 11) is 0. The molecule has 0 saturated carbocycles. The van der Waals surface area contributed by atoms with Crippen LogP contribution in [0.5, 0.6) is 0 Å². The SMILES string of the molecule is CCCN(CCC)C(C)=N/C=C1\Cc2ccccc2C(C2=CCCC=C2)C1. The second-order valence-corrected chi connectivity index (χ2v) is 7.77. The maximum Gasteiger partial charge on any atom is 0.101 e. The Morgan fingerprint density at radius 3 is 2.63 bits per heavy atom. The van der Waals surface area contributed by atoms with Crippen molar-refractivity contribution in [2.75, 3.05) is 13.1 Å². The minimum atomic E-state index is 0.482. The summed E-state index contributed by atoms with van der Waals surface area (Å²) in [4.78, 5) is 7.30. The molecule has 0 radical (unpaired) electrons. The predicted octanol–water partition coefficient (Wildman–Crippen LogP) is 6.42. The van der Waals surface area contributed by atoms with E-state index in [1.165, 1.54) is 48.0 Å². The largest absolute Gasteiger partial charge is 0.360 e. The first kappa shape index (κ1) is 19.7. The topological polar surface area (TPSA) is 15.6 Å². The first-order valence-corrected chi connectivity index (χ1v) is 10.6. The number of rotatable bonds is 6. The quantitative estimate of drug-likeness (QED) is 0.421. The monoisotopic (exact) mass is 362 g/mol. The number of hydrogen-bond acceptors (Lipinski definition) is 1. The molecule has 0 bridgehead atoms. The van der Waals surface area contributed by atoms with Gasteiger partial charge in [0.05, 0.1) is 0 Å². The minimum Gasteiger partial charge on any atom is -0.360 e. The lowest BCUT2D eigenvalue weighted by Gasteiger charge is -2.29. The standard InChI is InChI=1S/C25H34N2/c1-4-15-27(16-5-2)20(3)26-19-21-17-23-13-9-10-14-24(23)25(18-21)22-11-7-6-8-12-22/h7,9-14,19,25H,4-6,8,15-18H2,1-3H3/b21-19+,26-20?. The summed E-state index contributed by atoms with van der Waals surface area (Å²) >= 11 is 0. The van der Waals surface area contributed by atoms with Gasteiger partial charge in [0.1, 0.15) is 5.84 Å². The van der Waals surface area contributed by atoms with Gasteiger partial charge in [-0.3, -0.25) is 0 Å². The number of nitrogens with zero attached hydrogens (tertiary/aromatic N) is 2. The molecule has 27 heavy (non-hydrogen) atoms. The first-order valence-electron chi connectivity index (χ1n) is 10.6. The van der Waals surface area contributed by atoms with Crippen LogP contribution >= 0.6 is 0 Å². The van der Waals surface area contributed by atoms with E-state index in [1.54, 1.807) is 0 Å². The molecule has 0 fully saturated rings. The van der Waals surface area contributed by atoms with Gasteiger partial charge >= 0.3 is 0 Å². The number of fused-ring (bicyclic) bond motifs is 1. The van der Waals surface area contributed by atoms with E-state index in [9.17, 15) is 0 Å². The molecule has 2 heteroatoms. The third kappa shape index (κ3) is 5.00. The molecular formula is C25H34N2. The van der Waals surface area contributed by atoms with Gasteiger partial charge in [0.2, 0.25) is 0 Å². The van der Waals surface area contributed by atoms with E-state index in [0.717, 1.165) is 31.8 Å². The Hall–Kier alpha value is -2.09. The Labute approximate surface area is 165 Å². The molecular weight excluding hydrogens is 328 g/mol. The summed E-state index contributed by atoms with van der Waals surface area (Å²) in [5.41, 5.74) is 5.91. The van der Waals surface area contributed by atoms with E-state index in [1.807, 2.05) is 0 Å². The Balaban J connectivity index is 1.84. The van der Waals surface area contributed by atoms with Crippen LogP contribution in [0.3, 0.4) is 0 Å². The highest BCUT2D eigenvalue weighted by atomic mass is 15.2. The molecule has 1 atom stereocenters. The second-order valence-electron chi connectivity index (χ2n) is 7.77. The number of allylic oxidation sites excluding steroid dienone is 5. The molecule has 0 aliphatic heterocycles. The van der Waals surface area contributed by atoms with Crippen molar-refractivity contribution in [2.24, 2.45) is 4.99 Å². The summed E-state index contributed by atoms with van der Waals surface area (Å²) in [6.45, 7) is 8.82. The number of amidine groups is 1. The molecule has 2 aliphatic carbocycles. The maximum absolute atomic E-state index is 4.88. The second kappa shape index (κ2) is 9.73. The smallest absolute Gasteiger partial charge is 0.101 e. The zero-order chi connectivity index (χ0) is 19.1. The third-order valence-corrected chi connectivity index (χ3v) is 5.62. The Kier molecular flexibility index (Phi) is 7.09. The van der Waals surface area contributed by atoms with Crippen molar-refractivity contribution in [1.82, 2.24) is 4.90 Å². The van der Waals surface area contributed by atoms with Gasteiger partial charge in [-0.05, 0) is 67.7 Å². The van der Waals surface area contributed by atoms with Gasteiger partial charge in [0, 0.05) is 25.2 Å². The van der Waals surface area contributed by atoms with Crippen molar-refractivity contribution in [3.8, 4) is 0 Å². The highest BCUT2D eigenvalue weighted by Gasteiger charge is 2.25. The predicted molar refractivity (Wildman–Crippen MR) is 117 cm³/mol. The van der Waals surface area contributed by atoms with E-state index in [2.05, 4.69) is 74.4 Å². The van der Waals surface area contributed by atoms with Gasteiger partial charge in [-0.2, -0.15) is 0 Å². The zero-order valence-corrected chi connectivity index (χ0v) is 17.2. The Morgan fingerprint density at radius 1 is 1.15 bits per heavy atom. The van der Waals surface area contributed by atoms with Gasteiger partial charge in [-0.1, -0.05) is 56.3 Å². The maximum atomic E-state index is 4.88. The lowest BCUT2D eigenvalue weighted by molar-refractivity contribution is 0.414. The molecule has 1 unspecified atom stereocenters. The van der Waals surface area contributed by atoms with Crippen molar-refractivity contribution in [2.45, 2.75) is 65.2 Å². The van der Waals surface area contributed by atoms with Gasteiger partial charge in [-0.15, -0.1) is 0 Å². The van der Waals surface area contributed by atoms with Crippen molar-refractivity contribution in [3.63, 3.8) is 0 Å². The summed E-state index contributed by atoms with van der Waals surface area (Å²) in [5.74, 6) is 1.63. The lowest BCUT2D eigenvalue weighted by Crippen LogP contribution is -2.30. The van der Waals surface area contributed by atoms with E-state index in [-0.39, 0.29) is 0 Å². The fraction of sp³-hybridized carbons (Fsp3) is 0.480. The average molecular weight is 363 g/mol. The van der Waals surface area contributed by atoms with E-state index >= 15 is 0 Å². The third-order valence-electron chi connectivity index (χ3n) is 5.62. The van der Waals surface area contributed by atoms with Crippen LogP contribution in [0.25, 0.3) is 0 Å². The Bertz CT molecular complexity index is 745. The van der Waals surface area contributed by atoms with Gasteiger partial charge in [0.15, 0.2) is 0 Å². The molecule has 0 saturated heterocycles. The molecule has 0 aromatic heterocycles. The summed E-state index contributed by atoms with van der Waals surface area (Å²) < 4.78 is 0. The van der Waals surface area contributed by atoms with Crippen LogP contribution in [0, 0.1) is 0 Å². The van der Waals surface area contributed by atoms with Crippen molar-refractivity contribution in [3.05, 3.63) is 71.0 Å². The molecule has 1 aromatic carbocycles. The molecule has 0 heterocycles. The van der Waals surface area contributed by atoms with Crippen molar-refractivity contribution in [1.29, 1.82) is 0 Å². The van der Waals surface area contributed by atoms with Crippen molar-refractivity contribution >= 4 is 5.84 Å². The fourth-order valence-electron chi connectivity index (χ4n) is 4.25. The van der Waals surface area contributed by atoms with Crippen LogP contribution in [-0.4, -0.2) is 23.8 Å². The number of hydrogen-bond donors (Lipinski definition) is 0. The Morgan fingerprint density at radius 2 is 1.93 bits per heavy atom. The molecule has 2 nitrogen and oxygen atoms in total. The van der Waals surface area contributed by atoms with Crippen LogP contribution in [0.2, 0.25) is 0 Å². The first-order chi connectivity index (χ1) is 13.2. The average Bonchev–Trinajstić information content (AvgIpc) is 2.72. The number of benzene rings is 1. The van der Waals surface area contributed by atoms with Crippen molar-refractivity contribution < 1.29 is 0 Å². The summed E-state index contributed by atoms with van der Waals surface area (Å²) in [5, 5.41) is 0. The van der Waals surface area contributed by atoms with E-state index in [0.29, 0.717) is 5.92 Å². The van der Waals surface area contributed by atoms with Crippen LogP contribution in [0.4, 0.5) is 0 Å². The fourth-order valence-corrected chi connectivity index (χ4v) is 4.25. The van der Waals surface area contributed by atoms with Gasteiger partial charge in [0.25, 0.3) is 0 Å². The van der Waals surface area contributed by atoms with Gasteiger partial charge < -0.3 is 4.90 Å². The van der Waals surface area contributed by atoms with E-state index < -0.39 is 0 Å². The normalized spacial score (nSPS) is 21.1. The highest BCUT2D eigenvalue weighted by molar-refractivity contribution is 5.80. The van der Waals surface area contributed by atoms with E-state index in [4.69, 9.17) is 4.99 Å². The minimum absolute atomic E-state index is 0.482. The van der Waals surface area contributed by atoms with Crippen LogP contribution in [-0.2, 0) is 6.42 Å². The molecule has 0 spiro atoms. The van der Waals surface area contributed by atoms with Crippen LogP contribution < -0.4 is 0 Å². The van der Waals surface area contributed by atoms with Crippen LogP contribution in [0.1, 0.15) is 69.9 Å². The molecule has 1 aromatic rings. The zero-order valence-electron chi connectivity index (χ0n) is 17.2. The molecule has 2 aliphatic rings. The molecule has 3 rings (SSSR count). The number of aliphatic imine (C=N–C) groups is 1. The summed E-state index contributed by atoms with van der Waals surface area (Å²) in [6, 6.07) is 8.96. The summed E-state index contributed by atoms with van der Waals surface area (Å²) in [6.07, 6.45) is 16.1. The molecule has 144 valence electrons. The van der Waals surface area contributed by atoms with Gasteiger partial charge in [-0.25, -0.2) is 4.99 Å². The molecule has 0 N–H and O–H groups in total. The van der Waals surface area contributed by atoms with Crippen LogP contribution in [0.15, 0.2) is 64.8 Å².